The molecule has 1 saturated heterocycles. The number of halogens is 25. The Balaban J connectivity index is 0.0000110. The third kappa shape index (κ3) is 16.7. The third-order valence-electron chi connectivity index (χ3n) is 19.9. The molecule has 580 valence electrons. The number of nitrogens with zero attached hydrogens (tertiary/aromatic N) is 1. The van der Waals surface area contributed by atoms with E-state index in [2.05, 4.69) is 0 Å². The maximum Gasteiger partial charge on any atom is 0.416 e. The van der Waals surface area contributed by atoms with Gasteiger partial charge in [-0.15, -0.1) is 0 Å². The zero-order valence-corrected chi connectivity index (χ0v) is 58.6. The number of hydrogen-bond donors (Lipinski definition) is 0. The summed E-state index contributed by atoms with van der Waals surface area (Å²) >= 11 is 0. The van der Waals surface area contributed by atoms with Crippen LogP contribution in [-0.2, 0) is 85.2 Å². The molecule has 14 rings (SSSR count). The van der Waals surface area contributed by atoms with Gasteiger partial charge in [-0.25, -0.2) is 0 Å². The van der Waals surface area contributed by atoms with Crippen LogP contribution in [0.5, 0.6) is 0 Å². The summed E-state index contributed by atoms with van der Waals surface area (Å²) in [6.07, 6.45) is -46.0. The van der Waals surface area contributed by atoms with E-state index in [1.807, 2.05) is 0 Å². The van der Waals surface area contributed by atoms with E-state index in [0.29, 0.717) is 70.4 Å². The van der Waals surface area contributed by atoms with Crippen LogP contribution >= 0.6 is 0 Å². The van der Waals surface area contributed by atoms with E-state index in [4.69, 9.17) is 9.47 Å². The normalized spacial score (nSPS) is 15.7. The molecule has 0 N–H and O–H groups in total. The molecule has 12 aromatic rings. The predicted molar refractivity (Wildman–Crippen MR) is 367 cm³/mol. The molecule has 12 aromatic carbocycles. The highest BCUT2D eigenvalue weighted by molar-refractivity contribution is 6.12. The lowest BCUT2D eigenvalue weighted by molar-refractivity contribution is -0.944. The van der Waals surface area contributed by atoms with Crippen LogP contribution in [0.2, 0.25) is 0 Å². The number of ether oxygens (including phenoxy) is 2. The van der Waals surface area contributed by atoms with E-state index < -0.39 is 151 Å². The monoisotopic (exact) mass is 1640 g/mol. The molecule has 1 fully saturated rings. The van der Waals surface area contributed by atoms with Crippen LogP contribution in [0.4, 0.5) is 105 Å². The predicted octanol–water partition coefficient (Wildman–Crippen LogP) is 23.8. The van der Waals surface area contributed by atoms with Gasteiger partial charge < -0.3 is 30.9 Å². The second-order valence-electron chi connectivity index (χ2n) is 27.5. The number of rotatable bonds is 12. The quantitative estimate of drug-likeness (QED) is 0.0897. The smallest absolute Gasteiger partial charge is 0.416 e. The van der Waals surface area contributed by atoms with Gasteiger partial charge in [0.15, 0.2) is 0 Å². The highest BCUT2D eigenvalue weighted by Crippen LogP contribution is 2.54. The number of alkyl halides is 24. The molecule has 0 unspecified atom stereocenters. The Morgan fingerprint density at radius 2 is 0.482 bits per heavy atom. The van der Waals surface area contributed by atoms with Crippen molar-refractivity contribution in [1.29, 1.82) is 0 Å². The molecule has 2 atom stereocenters. The Bertz CT molecular complexity index is 4920. The molecule has 2 aliphatic heterocycles. The summed E-state index contributed by atoms with van der Waals surface area (Å²) in [4.78, 5) is 0. The SMILES string of the molecule is FC(F)(F)c1cc(-c2cc(-c3cc(C(F)(F)F)cc(C(F)(F)F)c3)cc(-c3cc4ccccc4c4c3C[N+]3(Cc5c(-c6cc(-c7cc(C(F)(F)F)cc(C(F)(F)F)c7)cc(-c7cc(C(F)(F)F)cc(C(F)(F)F)c7)c6)cc6ccccc6c5-4)C[C@@H](OCc4ccccc4)[C@H](OCc4ccccc4)C3)c2)cc(C(F)(F)F)c1.[Br-]. The van der Waals surface area contributed by atoms with Crippen molar-refractivity contribution in [3.05, 3.63) is 297 Å². The van der Waals surface area contributed by atoms with Crippen LogP contribution in [0.3, 0.4) is 0 Å². The number of fused-ring (bicyclic) bond motifs is 7. The summed E-state index contributed by atoms with van der Waals surface area (Å²) in [6, 6.07) is 41.1. The van der Waals surface area contributed by atoms with Crippen molar-refractivity contribution >= 4 is 21.5 Å². The summed E-state index contributed by atoms with van der Waals surface area (Å²) < 4.78 is 372. The van der Waals surface area contributed by atoms with E-state index in [-0.39, 0.29) is 140 Å². The molecular weight excluding hydrogens is 1590 g/mol. The Morgan fingerprint density at radius 3 is 0.732 bits per heavy atom. The minimum absolute atomic E-state index is 0. The molecule has 0 bridgehead atoms. The van der Waals surface area contributed by atoms with Crippen LogP contribution in [0, 0.1) is 0 Å². The standard InChI is InChI=1S/C84H52F24NO2.BrH/c85-77(86,87)59-25-53(26-60(35-59)78(88,89)90)49-19-50(54-27-61(79(91,92)93)36-62(28-54)80(94,95)96)22-57(21-49)69-33-47-15-7-9-17-67(47)75-71(69)39-109(41-73(110-43-45-11-3-1-4-12-45)74(42-109)111-44-46-13-5-2-6-14-46)40-72-70(34-48-16-8-10-18-68(48)76(72)75)58-23-51(55-29-63(81(97,98)99)37-64(30-55)82(100,101)102)20-52(24-58)56-31-65(83(103,104)105)38-66(32-56)84(106,107)108;/h1-38,73-74H,39-44H2;1H/q+1;/p-1/t73-,74-;/m1./s1. The first-order valence-electron chi connectivity index (χ1n) is 33.7. The summed E-state index contributed by atoms with van der Waals surface area (Å²) in [6.45, 7) is -0.923. The minimum Gasteiger partial charge on any atom is -1.00 e. The van der Waals surface area contributed by atoms with Crippen LogP contribution in [-0.4, -0.2) is 29.8 Å². The summed E-state index contributed by atoms with van der Waals surface area (Å²) in [7, 11) is 0. The molecule has 0 aliphatic carbocycles. The number of quaternary nitrogens is 1. The lowest BCUT2D eigenvalue weighted by Gasteiger charge is -2.35. The van der Waals surface area contributed by atoms with Gasteiger partial charge in [0.2, 0.25) is 0 Å². The molecule has 28 heteroatoms. The van der Waals surface area contributed by atoms with Crippen molar-refractivity contribution in [3.8, 4) is 77.9 Å². The van der Waals surface area contributed by atoms with Crippen molar-refractivity contribution in [1.82, 2.24) is 0 Å². The number of benzene rings is 12. The van der Waals surface area contributed by atoms with Crippen LogP contribution in [0.1, 0.15) is 66.8 Å². The Labute approximate surface area is 631 Å². The topological polar surface area (TPSA) is 18.5 Å². The van der Waals surface area contributed by atoms with Gasteiger partial charge >= 0.3 is 49.4 Å². The molecule has 2 heterocycles. The first-order chi connectivity index (χ1) is 51.9. The zero-order valence-electron chi connectivity index (χ0n) is 57.0. The molecule has 0 radical (unpaired) electrons. The molecular formula is C84H52BrF24NO2. The van der Waals surface area contributed by atoms with Crippen molar-refractivity contribution in [2.24, 2.45) is 0 Å². The fourth-order valence-corrected chi connectivity index (χ4v) is 14.8. The first kappa shape index (κ1) is 79.9. The van der Waals surface area contributed by atoms with Crippen LogP contribution in [0.25, 0.3) is 99.4 Å². The van der Waals surface area contributed by atoms with Crippen molar-refractivity contribution < 1.29 is 136 Å². The second kappa shape index (κ2) is 29.1. The zero-order chi connectivity index (χ0) is 79.5. The summed E-state index contributed by atoms with van der Waals surface area (Å²) in [5, 5.41) is 1.20. The molecule has 3 nitrogen and oxygen atoms in total. The van der Waals surface area contributed by atoms with E-state index in [1.165, 1.54) is 12.1 Å². The Morgan fingerprint density at radius 1 is 0.259 bits per heavy atom. The van der Waals surface area contributed by atoms with Crippen molar-refractivity contribution in [2.75, 3.05) is 13.1 Å². The van der Waals surface area contributed by atoms with Gasteiger partial charge in [-0.05, 0) is 221 Å². The molecule has 112 heavy (non-hydrogen) atoms. The first-order valence-corrected chi connectivity index (χ1v) is 33.7. The highest BCUT2D eigenvalue weighted by atomic mass is 79.9. The summed E-state index contributed by atoms with van der Waals surface area (Å²) in [5.41, 5.74) is -18.9. The van der Waals surface area contributed by atoms with Gasteiger partial charge in [-0.2, -0.15) is 105 Å². The Kier molecular flexibility index (Phi) is 20.8. The van der Waals surface area contributed by atoms with E-state index in [0.717, 1.165) is 36.4 Å². The summed E-state index contributed by atoms with van der Waals surface area (Å²) in [5.74, 6) is 0. The number of hydrogen-bond acceptors (Lipinski definition) is 2. The van der Waals surface area contributed by atoms with Crippen LogP contribution < -0.4 is 17.0 Å². The van der Waals surface area contributed by atoms with Gasteiger partial charge in [-0.1, -0.05) is 109 Å². The molecule has 1 spiro atoms. The van der Waals surface area contributed by atoms with E-state index in [1.54, 1.807) is 109 Å². The maximum absolute atomic E-state index is 14.9. The van der Waals surface area contributed by atoms with Gasteiger partial charge in [0.25, 0.3) is 0 Å². The van der Waals surface area contributed by atoms with Crippen molar-refractivity contribution in [2.45, 2.75) is 87.9 Å². The lowest BCUT2D eigenvalue weighted by Crippen LogP contribution is -3.00. The van der Waals surface area contributed by atoms with Gasteiger partial charge in [0.05, 0.1) is 57.7 Å². The molecule has 0 saturated carbocycles. The maximum atomic E-state index is 14.9. The Hall–Kier alpha value is -10.2. The fraction of sp³-hybridized carbons (Fsp3) is 0.190. The molecule has 0 aromatic heterocycles. The van der Waals surface area contributed by atoms with Gasteiger partial charge in [0.1, 0.15) is 38.4 Å². The minimum atomic E-state index is -5.50. The van der Waals surface area contributed by atoms with Crippen molar-refractivity contribution in [3.63, 3.8) is 0 Å². The highest BCUT2D eigenvalue weighted by Gasteiger charge is 2.51. The average Bonchev–Trinajstić information content (AvgIpc) is 1.65. The van der Waals surface area contributed by atoms with E-state index in [9.17, 15) is 105 Å². The fourth-order valence-electron chi connectivity index (χ4n) is 14.8. The second-order valence-corrected chi connectivity index (χ2v) is 27.5. The van der Waals surface area contributed by atoms with Crippen LogP contribution in [0.15, 0.2) is 231 Å². The largest absolute Gasteiger partial charge is 1.00 e. The average molecular weight is 1640 g/mol. The molecule has 0 amide bonds. The van der Waals surface area contributed by atoms with Gasteiger partial charge in [-0.3, -0.25) is 0 Å². The third-order valence-corrected chi connectivity index (χ3v) is 19.9. The lowest BCUT2D eigenvalue weighted by atomic mass is 9.81. The van der Waals surface area contributed by atoms with E-state index >= 15 is 0 Å². The van der Waals surface area contributed by atoms with Gasteiger partial charge in [0, 0.05) is 22.3 Å². The molecule has 2 aliphatic rings.